The molecule has 40 heavy (non-hydrogen) atoms. The molecule has 6 aromatic carbocycles. The largest absolute Gasteiger partial charge is 0.456 e. The Labute approximate surface area is 235 Å². The number of nitriles is 1. The second kappa shape index (κ2) is 8.95. The highest BCUT2D eigenvalue weighted by atomic mass is 32.1. The molecule has 0 radical (unpaired) electrons. The number of fused-ring (bicyclic) bond motifs is 6. The summed E-state index contributed by atoms with van der Waals surface area (Å²) >= 11 is 1.83. The van der Waals surface area contributed by atoms with Crippen molar-refractivity contribution in [1.82, 2.24) is 0 Å². The van der Waals surface area contributed by atoms with Crippen LogP contribution in [0.5, 0.6) is 0 Å². The van der Waals surface area contributed by atoms with Gasteiger partial charge in [-0.15, -0.1) is 11.3 Å². The lowest BCUT2D eigenvalue weighted by Gasteiger charge is -2.12. The van der Waals surface area contributed by atoms with Crippen molar-refractivity contribution in [2.24, 2.45) is 0 Å². The molecule has 0 spiro atoms. The lowest BCUT2D eigenvalue weighted by Crippen LogP contribution is -1.87. The Bertz CT molecular complexity index is 2300. The van der Waals surface area contributed by atoms with Crippen molar-refractivity contribution in [3.63, 3.8) is 0 Å². The standard InChI is InChI=1S/C37H21NOS/c38-22-23-6-5-7-24(16-23)27-17-28(25-13-15-35-33(20-25)30-8-1-3-10-34(30)39-35)19-29(18-27)26-12-14-32-31-9-2-4-11-36(31)40-37(32)21-26/h1-21H. The van der Waals surface area contributed by atoms with E-state index < -0.39 is 0 Å². The third-order valence-electron chi connectivity index (χ3n) is 7.68. The lowest BCUT2D eigenvalue weighted by atomic mass is 9.92. The first-order valence-corrected chi connectivity index (χ1v) is 14.0. The smallest absolute Gasteiger partial charge is 0.135 e. The van der Waals surface area contributed by atoms with Gasteiger partial charge in [-0.2, -0.15) is 5.26 Å². The van der Waals surface area contributed by atoms with Gasteiger partial charge in [0.05, 0.1) is 11.6 Å². The molecule has 2 heterocycles. The molecule has 2 nitrogen and oxygen atoms in total. The molecule has 0 amide bonds. The first-order valence-electron chi connectivity index (χ1n) is 13.2. The van der Waals surface area contributed by atoms with Gasteiger partial charge in [0.25, 0.3) is 0 Å². The molecular formula is C37H21NOS. The Hall–Kier alpha value is -5.17. The quantitative estimate of drug-likeness (QED) is 0.229. The molecule has 0 fully saturated rings. The van der Waals surface area contributed by atoms with E-state index in [0.29, 0.717) is 5.56 Å². The van der Waals surface area contributed by atoms with Crippen molar-refractivity contribution in [2.45, 2.75) is 0 Å². The fourth-order valence-electron chi connectivity index (χ4n) is 5.71. The molecule has 0 aliphatic rings. The highest BCUT2D eigenvalue weighted by Gasteiger charge is 2.13. The van der Waals surface area contributed by atoms with E-state index in [1.54, 1.807) is 0 Å². The van der Waals surface area contributed by atoms with Crippen LogP contribution in [0.2, 0.25) is 0 Å². The van der Waals surface area contributed by atoms with E-state index in [4.69, 9.17) is 4.42 Å². The first kappa shape index (κ1) is 22.8. The van der Waals surface area contributed by atoms with E-state index in [1.807, 2.05) is 41.7 Å². The zero-order chi connectivity index (χ0) is 26.6. The number of benzene rings is 6. The van der Waals surface area contributed by atoms with E-state index >= 15 is 0 Å². The molecule has 0 unspecified atom stereocenters. The zero-order valence-corrected chi connectivity index (χ0v) is 22.2. The first-order chi connectivity index (χ1) is 19.7. The highest BCUT2D eigenvalue weighted by molar-refractivity contribution is 7.25. The van der Waals surface area contributed by atoms with Gasteiger partial charge in [0.15, 0.2) is 0 Å². The van der Waals surface area contributed by atoms with Crippen LogP contribution in [-0.2, 0) is 0 Å². The molecule has 0 saturated carbocycles. The second-order valence-electron chi connectivity index (χ2n) is 10.1. The van der Waals surface area contributed by atoms with Gasteiger partial charge in [-0.25, -0.2) is 0 Å². The van der Waals surface area contributed by atoms with Crippen molar-refractivity contribution in [3.8, 4) is 39.4 Å². The highest BCUT2D eigenvalue weighted by Crippen LogP contribution is 2.39. The third kappa shape index (κ3) is 3.70. The molecule has 2 aromatic heterocycles. The minimum Gasteiger partial charge on any atom is -0.456 e. The summed E-state index contributed by atoms with van der Waals surface area (Å²) in [5.74, 6) is 0. The number of hydrogen-bond acceptors (Lipinski definition) is 3. The van der Waals surface area contributed by atoms with Crippen LogP contribution >= 0.6 is 11.3 Å². The van der Waals surface area contributed by atoms with Crippen LogP contribution in [0.3, 0.4) is 0 Å². The van der Waals surface area contributed by atoms with Crippen LogP contribution in [0, 0.1) is 11.3 Å². The SMILES string of the molecule is N#Cc1cccc(-c2cc(-c3ccc4c(c3)sc3ccccc34)cc(-c3ccc4oc5ccccc5c4c3)c2)c1. The van der Waals surface area contributed by atoms with Gasteiger partial charge in [0, 0.05) is 30.9 Å². The van der Waals surface area contributed by atoms with E-state index in [9.17, 15) is 5.26 Å². The van der Waals surface area contributed by atoms with Crippen molar-refractivity contribution in [3.05, 3.63) is 133 Å². The predicted molar refractivity (Wildman–Crippen MR) is 168 cm³/mol. The van der Waals surface area contributed by atoms with Crippen LogP contribution in [0.25, 0.3) is 75.5 Å². The predicted octanol–water partition coefficient (Wildman–Crippen LogP) is 10.8. The number of hydrogen-bond donors (Lipinski definition) is 0. The van der Waals surface area contributed by atoms with Crippen LogP contribution in [-0.4, -0.2) is 0 Å². The topological polar surface area (TPSA) is 36.9 Å². The molecule has 3 heteroatoms. The Morgan fingerprint density at radius 3 is 1.93 bits per heavy atom. The average molecular weight is 528 g/mol. The molecule has 0 bridgehead atoms. The van der Waals surface area contributed by atoms with Crippen molar-refractivity contribution >= 4 is 53.4 Å². The van der Waals surface area contributed by atoms with E-state index in [2.05, 4.69) is 103 Å². The molecule has 8 rings (SSSR count). The molecule has 0 atom stereocenters. The van der Waals surface area contributed by atoms with Crippen LogP contribution in [0.1, 0.15) is 5.56 Å². The number of rotatable bonds is 3. The molecule has 0 aliphatic carbocycles. The molecule has 0 saturated heterocycles. The van der Waals surface area contributed by atoms with Crippen LogP contribution in [0.4, 0.5) is 0 Å². The van der Waals surface area contributed by atoms with Gasteiger partial charge in [-0.05, 0) is 94.0 Å². The van der Waals surface area contributed by atoms with E-state index in [-0.39, 0.29) is 0 Å². The van der Waals surface area contributed by atoms with Crippen LogP contribution < -0.4 is 0 Å². The van der Waals surface area contributed by atoms with Crippen molar-refractivity contribution < 1.29 is 4.42 Å². The van der Waals surface area contributed by atoms with E-state index in [1.165, 1.54) is 25.7 Å². The number of thiophene rings is 1. The minimum absolute atomic E-state index is 0.655. The Morgan fingerprint density at radius 1 is 0.450 bits per heavy atom. The van der Waals surface area contributed by atoms with Gasteiger partial charge in [-0.3, -0.25) is 0 Å². The third-order valence-corrected chi connectivity index (χ3v) is 8.81. The van der Waals surface area contributed by atoms with Gasteiger partial charge in [0.1, 0.15) is 11.2 Å². The van der Waals surface area contributed by atoms with Gasteiger partial charge in [0.2, 0.25) is 0 Å². The van der Waals surface area contributed by atoms with Crippen molar-refractivity contribution in [2.75, 3.05) is 0 Å². The van der Waals surface area contributed by atoms with Crippen molar-refractivity contribution in [1.29, 1.82) is 5.26 Å². The molecule has 0 N–H and O–H groups in total. The minimum atomic E-state index is 0.655. The summed E-state index contributed by atoms with van der Waals surface area (Å²) in [5.41, 5.74) is 9.12. The summed E-state index contributed by atoms with van der Waals surface area (Å²) in [6.45, 7) is 0. The summed E-state index contributed by atoms with van der Waals surface area (Å²) in [5, 5.41) is 14.4. The fourth-order valence-corrected chi connectivity index (χ4v) is 6.85. The summed E-state index contributed by atoms with van der Waals surface area (Å²) in [6, 6.07) is 46.8. The maximum absolute atomic E-state index is 9.54. The zero-order valence-electron chi connectivity index (χ0n) is 21.4. The number of furan rings is 1. The van der Waals surface area contributed by atoms with Gasteiger partial charge < -0.3 is 4.42 Å². The monoisotopic (exact) mass is 527 g/mol. The second-order valence-corrected chi connectivity index (χ2v) is 11.2. The van der Waals surface area contributed by atoms with Crippen LogP contribution in [0.15, 0.2) is 132 Å². The average Bonchev–Trinajstić information content (AvgIpc) is 3.58. The summed E-state index contributed by atoms with van der Waals surface area (Å²) in [7, 11) is 0. The van der Waals surface area contributed by atoms with Gasteiger partial charge in [-0.1, -0.05) is 66.7 Å². The fraction of sp³-hybridized carbons (Fsp3) is 0. The summed E-state index contributed by atoms with van der Waals surface area (Å²) in [6.07, 6.45) is 0. The summed E-state index contributed by atoms with van der Waals surface area (Å²) in [4.78, 5) is 0. The van der Waals surface area contributed by atoms with Gasteiger partial charge >= 0.3 is 0 Å². The molecular weight excluding hydrogens is 506 g/mol. The molecule has 186 valence electrons. The molecule has 8 aromatic rings. The number of para-hydroxylation sites is 1. The Kier molecular flexibility index (Phi) is 5.10. The summed E-state index contributed by atoms with van der Waals surface area (Å²) < 4.78 is 8.68. The van der Waals surface area contributed by atoms with E-state index in [0.717, 1.165) is 49.8 Å². The molecule has 0 aliphatic heterocycles. The lowest BCUT2D eigenvalue weighted by molar-refractivity contribution is 0.669. The maximum Gasteiger partial charge on any atom is 0.135 e. The Balaban J connectivity index is 1.35. The normalized spacial score (nSPS) is 11.5. The Morgan fingerprint density at radius 2 is 1.10 bits per heavy atom. The number of nitrogens with zero attached hydrogens (tertiary/aromatic N) is 1. The maximum atomic E-state index is 9.54.